The topological polar surface area (TPSA) is 55.1 Å². The molecule has 98 valence electrons. The van der Waals surface area contributed by atoms with E-state index in [0.717, 1.165) is 12.1 Å². The minimum Gasteiger partial charge on any atom is -0.324 e. The van der Waals surface area contributed by atoms with Crippen molar-refractivity contribution >= 4 is 23.2 Å². The molecule has 18 heavy (non-hydrogen) atoms. The predicted molar refractivity (Wildman–Crippen MR) is 61.2 cm³/mol. The Bertz CT molecular complexity index is 498. The van der Waals surface area contributed by atoms with Crippen LogP contribution in [-0.2, 0) is 11.0 Å². The Morgan fingerprint density at radius 2 is 1.94 bits per heavy atom. The van der Waals surface area contributed by atoms with Crippen LogP contribution >= 0.6 is 11.6 Å². The second-order valence-electron chi connectivity index (χ2n) is 4.34. The van der Waals surface area contributed by atoms with Crippen molar-refractivity contribution in [3.63, 3.8) is 0 Å². The first-order chi connectivity index (χ1) is 8.21. The molecule has 1 fully saturated rings. The third kappa shape index (κ3) is 2.76. The number of carbonyl (C=O) groups excluding carboxylic acids is 1. The first-order valence-corrected chi connectivity index (χ1v) is 5.57. The zero-order chi connectivity index (χ0) is 13.6. The van der Waals surface area contributed by atoms with Crippen molar-refractivity contribution in [1.29, 1.82) is 0 Å². The number of halogens is 4. The van der Waals surface area contributed by atoms with E-state index in [1.807, 2.05) is 0 Å². The third-order valence-corrected chi connectivity index (χ3v) is 2.94. The number of benzene rings is 1. The minimum atomic E-state index is -4.51. The number of hydrogen-bond acceptors (Lipinski definition) is 2. The normalized spacial score (nSPS) is 17.4. The fourth-order valence-corrected chi connectivity index (χ4v) is 1.68. The van der Waals surface area contributed by atoms with Crippen LogP contribution in [0.15, 0.2) is 18.2 Å². The summed E-state index contributed by atoms with van der Waals surface area (Å²) in [5, 5.41) is 2.25. The number of hydrogen-bond donors (Lipinski definition) is 2. The van der Waals surface area contributed by atoms with Crippen molar-refractivity contribution in [3.8, 4) is 0 Å². The maximum atomic E-state index is 12.5. The summed E-state index contributed by atoms with van der Waals surface area (Å²) in [4.78, 5) is 11.6. The summed E-state index contributed by atoms with van der Waals surface area (Å²) in [7, 11) is 0. The van der Waals surface area contributed by atoms with Gasteiger partial charge in [0.25, 0.3) is 0 Å². The van der Waals surface area contributed by atoms with Crippen LogP contribution in [0, 0.1) is 0 Å². The smallest absolute Gasteiger partial charge is 0.324 e. The molecule has 7 heteroatoms. The molecule has 0 aromatic heterocycles. The number of nitrogens with one attached hydrogen (secondary N) is 1. The van der Waals surface area contributed by atoms with Gasteiger partial charge in [-0.2, -0.15) is 13.2 Å². The Morgan fingerprint density at radius 3 is 2.44 bits per heavy atom. The number of carbonyl (C=O) groups is 1. The van der Waals surface area contributed by atoms with Gasteiger partial charge in [-0.15, -0.1) is 0 Å². The summed E-state index contributed by atoms with van der Waals surface area (Å²) < 4.78 is 37.6. The summed E-state index contributed by atoms with van der Waals surface area (Å²) in [6, 6.07) is 2.88. The molecule has 1 aromatic rings. The largest absolute Gasteiger partial charge is 0.416 e. The highest BCUT2D eigenvalue weighted by atomic mass is 35.5. The van der Waals surface area contributed by atoms with Gasteiger partial charge in [0, 0.05) is 10.7 Å². The lowest BCUT2D eigenvalue weighted by Crippen LogP contribution is -2.37. The average molecular weight is 279 g/mol. The molecular weight excluding hydrogens is 269 g/mol. The van der Waals surface area contributed by atoms with Crippen molar-refractivity contribution in [1.82, 2.24) is 0 Å². The van der Waals surface area contributed by atoms with Crippen LogP contribution in [-0.4, -0.2) is 11.4 Å². The fraction of sp³-hybridized carbons (Fsp3) is 0.364. The number of rotatable bonds is 2. The second kappa shape index (κ2) is 4.13. The van der Waals surface area contributed by atoms with Crippen LogP contribution in [0.4, 0.5) is 18.9 Å². The van der Waals surface area contributed by atoms with Crippen molar-refractivity contribution in [2.75, 3.05) is 5.32 Å². The van der Waals surface area contributed by atoms with Gasteiger partial charge in [0.05, 0.1) is 11.1 Å². The molecule has 0 aliphatic heterocycles. The second-order valence-corrected chi connectivity index (χ2v) is 4.77. The molecule has 0 heterocycles. The first-order valence-electron chi connectivity index (χ1n) is 5.19. The molecule has 1 aliphatic rings. The molecule has 1 aliphatic carbocycles. The van der Waals surface area contributed by atoms with E-state index in [1.54, 1.807) is 0 Å². The maximum Gasteiger partial charge on any atom is 0.416 e. The molecule has 2 rings (SSSR count). The van der Waals surface area contributed by atoms with Crippen LogP contribution in [0.5, 0.6) is 0 Å². The Balaban J connectivity index is 2.23. The molecule has 3 nitrogen and oxygen atoms in total. The van der Waals surface area contributed by atoms with Crippen molar-refractivity contribution in [3.05, 3.63) is 28.8 Å². The monoisotopic (exact) mass is 278 g/mol. The van der Waals surface area contributed by atoms with Gasteiger partial charge in [0.1, 0.15) is 0 Å². The predicted octanol–water partition coefficient (Wildman–Crippen LogP) is 2.79. The Hall–Kier alpha value is -1.27. The highest BCUT2D eigenvalue weighted by Gasteiger charge is 2.46. The first kappa shape index (κ1) is 13.2. The van der Waals surface area contributed by atoms with Crippen LogP contribution in [0.3, 0.4) is 0 Å². The van der Waals surface area contributed by atoms with Crippen molar-refractivity contribution in [2.24, 2.45) is 5.73 Å². The molecule has 1 saturated carbocycles. The molecule has 0 bridgehead atoms. The zero-order valence-corrected chi connectivity index (χ0v) is 9.90. The molecule has 0 saturated heterocycles. The van der Waals surface area contributed by atoms with Gasteiger partial charge in [0.2, 0.25) is 5.91 Å². The Labute approximate surface area is 106 Å². The fourth-order valence-electron chi connectivity index (χ4n) is 1.44. The number of amides is 1. The van der Waals surface area contributed by atoms with E-state index in [2.05, 4.69) is 5.32 Å². The van der Waals surface area contributed by atoms with Gasteiger partial charge in [-0.25, -0.2) is 0 Å². The van der Waals surface area contributed by atoms with Gasteiger partial charge in [-0.05, 0) is 31.0 Å². The standard InChI is InChI=1S/C11H10ClF3N2O/c12-7-3-6(11(13,14)15)4-8(5-7)17-9(18)10(16)1-2-10/h3-5H,1-2,16H2,(H,17,18). The summed E-state index contributed by atoms with van der Waals surface area (Å²) >= 11 is 5.59. The molecule has 0 radical (unpaired) electrons. The van der Waals surface area contributed by atoms with Gasteiger partial charge in [-0.3, -0.25) is 4.79 Å². The highest BCUT2D eigenvalue weighted by Crippen LogP contribution is 2.36. The lowest BCUT2D eigenvalue weighted by molar-refractivity contribution is -0.137. The third-order valence-electron chi connectivity index (χ3n) is 2.72. The van der Waals surface area contributed by atoms with Gasteiger partial charge in [0.15, 0.2) is 0 Å². The van der Waals surface area contributed by atoms with Crippen LogP contribution in [0.1, 0.15) is 18.4 Å². The van der Waals surface area contributed by atoms with E-state index in [4.69, 9.17) is 17.3 Å². The molecule has 0 unspecified atom stereocenters. The van der Waals surface area contributed by atoms with E-state index >= 15 is 0 Å². The molecule has 0 spiro atoms. The van der Waals surface area contributed by atoms with E-state index in [-0.39, 0.29) is 10.7 Å². The van der Waals surface area contributed by atoms with Gasteiger partial charge in [-0.1, -0.05) is 11.6 Å². The van der Waals surface area contributed by atoms with Crippen LogP contribution in [0.2, 0.25) is 5.02 Å². The summed E-state index contributed by atoms with van der Waals surface area (Å²) in [5.74, 6) is -0.488. The van der Waals surface area contributed by atoms with E-state index in [9.17, 15) is 18.0 Å². The highest BCUT2D eigenvalue weighted by molar-refractivity contribution is 6.31. The van der Waals surface area contributed by atoms with Gasteiger partial charge >= 0.3 is 6.18 Å². The molecule has 1 amide bonds. The maximum absolute atomic E-state index is 12.5. The lowest BCUT2D eigenvalue weighted by Gasteiger charge is -2.13. The van der Waals surface area contributed by atoms with Gasteiger partial charge < -0.3 is 11.1 Å². The summed E-state index contributed by atoms with van der Waals surface area (Å²) in [6.45, 7) is 0. The van der Waals surface area contributed by atoms with Crippen molar-refractivity contribution in [2.45, 2.75) is 24.6 Å². The Morgan fingerprint density at radius 1 is 1.33 bits per heavy atom. The van der Waals surface area contributed by atoms with E-state index < -0.39 is 23.2 Å². The minimum absolute atomic E-state index is 0.00319. The SMILES string of the molecule is NC1(C(=O)Nc2cc(Cl)cc(C(F)(F)F)c2)CC1. The summed E-state index contributed by atoms with van der Waals surface area (Å²) in [5.41, 5.74) is 3.78. The summed E-state index contributed by atoms with van der Waals surface area (Å²) in [6.07, 6.45) is -3.44. The Kier molecular flexibility index (Phi) is 3.03. The number of nitrogens with two attached hydrogens (primary N) is 1. The number of alkyl halides is 3. The zero-order valence-electron chi connectivity index (χ0n) is 9.14. The van der Waals surface area contributed by atoms with Crippen LogP contribution < -0.4 is 11.1 Å². The average Bonchev–Trinajstić information content (AvgIpc) is 2.95. The van der Waals surface area contributed by atoms with Crippen LogP contribution in [0.25, 0.3) is 0 Å². The molecular formula is C11H10ClF3N2O. The number of anilines is 1. The molecule has 3 N–H and O–H groups in total. The van der Waals surface area contributed by atoms with E-state index in [1.165, 1.54) is 6.07 Å². The molecule has 1 aromatic carbocycles. The molecule has 0 atom stereocenters. The van der Waals surface area contributed by atoms with E-state index in [0.29, 0.717) is 12.8 Å². The lowest BCUT2D eigenvalue weighted by atomic mass is 10.2. The van der Waals surface area contributed by atoms with Crippen molar-refractivity contribution < 1.29 is 18.0 Å². The quantitative estimate of drug-likeness (QED) is 0.874.